The summed E-state index contributed by atoms with van der Waals surface area (Å²) in [6, 6.07) is 12.7. The number of hydrogen-bond acceptors (Lipinski definition) is 3. The number of piperidine rings is 1. The maximum atomic E-state index is 5.20. The fourth-order valence-electron chi connectivity index (χ4n) is 2.96. The van der Waals surface area contributed by atoms with Crippen LogP contribution in [-0.4, -0.2) is 25.2 Å². The molecule has 1 aliphatic rings. The lowest BCUT2D eigenvalue weighted by atomic mass is 9.90. The molecule has 1 aromatic heterocycles. The second kappa shape index (κ2) is 6.72. The van der Waals surface area contributed by atoms with E-state index >= 15 is 0 Å². The molecule has 0 radical (unpaired) electrons. The molecule has 0 spiro atoms. The number of pyridine rings is 1. The molecule has 3 nitrogen and oxygen atoms in total. The number of rotatable bonds is 4. The van der Waals surface area contributed by atoms with Crippen molar-refractivity contribution in [3.63, 3.8) is 0 Å². The zero-order valence-corrected chi connectivity index (χ0v) is 12.5. The molecular formula is C18H22N2O. The zero-order chi connectivity index (χ0) is 14.5. The van der Waals surface area contributed by atoms with Gasteiger partial charge in [0.2, 0.25) is 0 Å². The van der Waals surface area contributed by atoms with Crippen LogP contribution >= 0.6 is 0 Å². The zero-order valence-electron chi connectivity index (χ0n) is 12.5. The van der Waals surface area contributed by atoms with Gasteiger partial charge in [0.1, 0.15) is 5.75 Å². The molecule has 1 fully saturated rings. The molecule has 110 valence electrons. The Balaban J connectivity index is 1.72. The van der Waals surface area contributed by atoms with Gasteiger partial charge in [0.25, 0.3) is 0 Å². The van der Waals surface area contributed by atoms with Crippen LogP contribution in [0.15, 0.2) is 42.6 Å². The molecule has 21 heavy (non-hydrogen) atoms. The van der Waals surface area contributed by atoms with E-state index in [0.717, 1.165) is 31.0 Å². The molecule has 0 aliphatic carbocycles. The monoisotopic (exact) mass is 282 g/mol. The van der Waals surface area contributed by atoms with E-state index in [1.54, 1.807) is 7.11 Å². The molecular weight excluding hydrogens is 260 g/mol. The van der Waals surface area contributed by atoms with Crippen molar-refractivity contribution in [2.24, 2.45) is 0 Å². The molecule has 1 aromatic carbocycles. The third-order valence-corrected chi connectivity index (χ3v) is 4.20. The highest BCUT2D eigenvalue weighted by Gasteiger charge is 2.15. The van der Waals surface area contributed by atoms with Crippen LogP contribution in [0.4, 0.5) is 0 Å². The predicted octanol–water partition coefficient (Wildman–Crippen LogP) is 3.15. The Kier molecular flexibility index (Phi) is 4.51. The summed E-state index contributed by atoms with van der Waals surface area (Å²) in [5.74, 6) is 1.58. The van der Waals surface area contributed by atoms with Crippen LogP contribution in [0.2, 0.25) is 0 Å². The fraction of sp³-hybridized carbons (Fsp3) is 0.389. The van der Waals surface area contributed by atoms with Gasteiger partial charge in [0.05, 0.1) is 7.11 Å². The van der Waals surface area contributed by atoms with E-state index in [4.69, 9.17) is 4.74 Å². The van der Waals surface area contributed by atoms with Gasteiger partial charge in [-0.3, -0.25) is 4.98 Å². The fourth-order valence-corrected chi connectivity index (χ4v) is 2.96. The highest BCUT2D eigenvalue weighted by Crippen LogP contribution is 2.25. The topological polar surface area (TPSA) is 34.1 Å². The first-order valence-corrected chi connectivity index (χ1v) is 7.63. The maximum Gasteiger partial charge on any atom is 0.118 e. The van der Waals surface area contributed by atoms with Crippen LogP contribution in [0.3, 0.4) is 0 Å². The first-order valence-electron chi connectivity index (χ1n) is 7.63. The lowest BCUT2D eigenvalue weighted by Gasteiger charge is -2.23. The lowest BCUT2D eigenvalue weighted by Crippen LogP contribution is -2.26. The standard InChI is InChI=1S/C18H22N2O/c1-21-18-4-2-14(3-5-18)12-17-13-16(8-11-20-17)15-6-9-19-10-7-15/h2-5,8,11,13,15,19H,6-7,9-10,12H2,1H3. The van der Waals surface area contributed by atoms with Crippen LogP contribution in [0.5, 0.6) is 5.75 Å². The Morgan fingerprint density at radius 3 is 2.62 bits per heavy atom. The summed E-state index contributed by atoms with van der Waals surface area (Å²) in [6.07, 6.45) is 5.29. The number of methoxy groups -OCH3 is 1. The van der Waals surface area contributed by atoms with E-state index in [1.165, 1.54) is 24.0 Å². The Bertz CT molecular complexity index is 574. The van der Waals surface area contributed by atoms with E-state index < -0.39 is 0 Å². The Morgan fingerprint density at radius 1 is 1.14 bits per heavy atom. The summed E-state index contributed by atoms with van der Waals surface area (Å²) in [7, 11) is 1.69. The lowest BCUT2D eigenvalue weighted by molar-refractivity contribution is 0.414. The summed E-state index contributed by atoms with van der Waals surface area (Å²) < 4.78 is 5.20. The molecule has 0 amide bonds. The molecule has 1 N–H and O–H groups in total. The molecule has 3 rings (SSSR count). The van der Waals surface area contributed by atoms with Gasteiger partial charge in [0, 0.05) is 18.3 Å². The Hall–Kier alpha value is -1.87. The molecule has 3 heteroatoms. The summed E-state index contributed by atoms with van der Waals surface area (Å²) in [4.78, 5) is 4.53. The van der Waals surface area contributed by atoms with Gasteiger partial charge in [0.15, 0.2) is 0 Å². The number of benzene rings is 1. The Labute approximate surface area is 126 Å². The average molecular weight is 282 g/mol. The number of ether oxygens (including phenoxy) is 1. The number of nitrogens with one attached hydrogen (secondary N) is 1. The van der Waals surface area contributed by atoms with Crippen molar-refractivity contribution in [3.05, 3.63) is 59.4 Å². The second-order valence-corrected chi connectivity index (χ2v) is 5.63. The van der Waals surface area contributed by atoms with Crippen molar-refractivity contribution in [1.29, 1.82) is 0 Å². The highest BCUT2D eigenvalue weighted by atomic mass is 16.5. The van der Waals surface area contributed by atoms with E-state index in [1.807, 2.05) is 18.3 Å². The third-order valence-electron chi connectivity index (χ3n) is 4.20. The molecule has 1 saturated heterocycles. The summed E-state index contributed by atoms with van der Waals surface area (Å²) in [5.41, 5.74) is 3.86. The van der Waals surface area contributed by atoms with Crippen LogP contribution in [0.1, 0.15) is 35.6 Å². The van der Waals surface area contributed by atoms with Crippen LogP contribution in [0.25, 0.3) is 0 Å². The van der Waals surface area contributed by atoms with Crippen molar-refractivity contribution in [3.8, 4) is 5.75 Å². The van der Waals surface area contributed by atoms with Crippen LogP contribution in [-0.2, 0) is 6.42 Å². The van der Waals surface area contributed by atoms with Crippen LogP contribution < -0.4 is 10.1 Å². The summed E-state index contributed by atoms with van der Waals surface area (Å²) >= 11 is 0. The second-order valence-electron chi connectivity index (χ2n) is 5.63. The van der Waals surface area contributed by atoms with Gasteiger partial charge >= 0.3 is 0 Å². The average Bonchev–Trinajstić information content (AvgIpc) is 2.57. The van der Waals surface area contributed by atoms with E-state index in [9.17, 15) is 0 Å². The normalized spacial score (nSPS) is 15.9. The smallest absolute Gasteiger partial charge is 0.118 e. The van der Waals surface area contributed by atoms with E-state index in [0.29, 0.717) is 5.92 Å². The number of aromatic nitrogens is 1. The first-order chi connectivity index (χ1) is 10.3. The molecule has 1 aliphatic heterocycles. The van der Waals surface area contributed by atoms with Crippen molar-refractivity contribution < 1.29 is 4.74 Å². The van der Waals surface area contributed by atoms with Crippen molar-refractivity contribution in [2.75, 3.05) is 20.2 Å². The minimum atomic E-state index is 0.684. The highest BCUT2D eigenvalue weighted by molar-refractivity contribution is 5.31. The first kappa shape index (κ1) is 14.1. The summed E-state index contributed by atoms with van der Waals surface area (Å²) in [6.45, 7) is 2.25. The van der Waals surface area contributed by atoms with Crippen molar-refractivity contribution >= 4 is 0 Å². The maximum absolute atomic E-state index is 5.20. The van der Waals surface area contributed by atoms with Gasteiger partial charge in [-0.2, -0.15) is 0 Å². The Morgan fingerprint density at radius 2 is 1.90 bits per heavy atom. The minimum Gasteiger partial charge on any atom is -0.497 e. The van der Waals surface area contributed by atoms with Crippen molar-refractivity contribution in [2.45, 2.75) is 25.2 Å². The molecule has 0 bridgehead atoms. The number of nitrogens with zero attached hydrogens (tertiary/aromatic N) is 1. The van der Waals surface area contributed by atoms with Crippen LogP contribution in [0, 0.1) is 0 Å². The quantitative estimate of drug-likeness (QED) is 0.935. The van der Waals surface area contributed by atoms with Gasteiger partial charge in [-0.15, -0.1) is 0 Å². The molecule has 0 unspecified atom stereocenters. The van der Waals surface area contributed by atoms with Gasteiger partial charge < -0.3 is 10.1 Å². The molecule has 0 saturated carbocycles. The molecule has 0 atom stereocenters. The van der Waals surface area contributed by atoms with Gasteiger partial charge in [-0.25, -0.2) is 0 Å². The largest absolute Gasteiger partial charge is 0.497 e. The third kappa shape index (κ3) is 3.61. The van der Waals surface area contributed by atoms with Gasteiger partial charge in [-0.05, 0) is 67.2 Å². The predicted molar refractivity (Wildman–Crippen MR) is 84.9 cm³/mol. The SMILES string of the molecule is COc1ccc(Cc2cc(C3CCNCC3)ccn2)cc1. The van der Waals surface area contributed by atoms with Crippen molar-refractivity contribution in [1.82, 2.24) is 10.3 Å². The van der Waals surface area contributed by atoms with Gasteiger partial charge in [-0.1, -0.05) is 12.1 Å². The molecule has 2 heterocycles. The minimum absolute atomic E-state index is 0.684. The molecule has 2 aromatic rings. The van der Waals surface area contributed by atoms with E-state index in [2.05, 4.69) is 34.6 Å². The summed E-state index contributed by atoms with van der Waals surface area (Å²) in [5, 5.41) is 3.42. The van der Waals surface area contributed by atoms with E-state index in [-0.39, 0.29) is 0 Å². The number of hydrogen-bond donors (Lipinski definition) is 1.